The number of rotatable bonds is 2. The standard InChI is InChI=1S/C11H17NS/c12-11-6-2-1-4-9(11)8-10-5-3-7-13-10/h3,5,7,9,11H,1-2,4,6,8,12H2. The molecule has 0 aromatic carbocycles. The van der Waals surface area contributed by atoms with E-state index >= 15 is 0 Å². The van der Waals surface area contributed by atoms with Crippen LogP contribution >= 0.6 is 11.3 Å². The molecule has 2 heteroatoms. The van der Waals surface area contributed by atoms with Gasteiger partial charge < -0.3 is 5.73 Å². The second kappa shape index (κ2) is 4.25. The van der Waals surface area contributed by atoms with Crippen molar-refractivity contribution in [2.24, 2.45) is 11.7 Å². The number of nitrogens with two attached hydrogens (primary N) is 1. The van der Waals surface area contributed by atoms with E-state index in [4.69, 9.17) is 5.73 Å². The molecule has 1 aliphatic rings. The van der Waals surface area contributed by atoms with Gasteiger partial charge in [-0.1, -0.05) is 18.9 Å². The summed E-state index contributed by atoms with van der Waals surface area (Å²) in [5, 5.41) is 2.16. The van der Waals surface area contributed by atoms with Crippen LogP contribution in [0.4, 0.5) is 0 Å². The van der Waals surface area contributed by atoms with Crippen molar-refractivity contribution < 1.29 is 0 Å². The van der Waals surface area contributed by atoms with E-state index in [0.29, 0.717) is 6.04 Å². The summed E-state index contributed by atoms with van der Waals surface area (Å²) in [5.74, 6) is 0.743. The minimum absolute atomic E-state index is 0.454. The summed E-state index contributed by atoms with van der Waals surface area (Å²) >= 11 is 1.86. The molecular weight excluding hydrogens is 178 g/mol. The molecule has 2 N–H and O–H groups in total. The second-order valence-electron chi connectivity index (χ2n) is 3.99. The molecule has 2 unspecified atom stereocenters. The minimum atomic E-state index is 0.454. The van der Waals surface area contributed by atoms with E-state index in [9.17, 15) is 0 Å². The third kappa shape index (κ3) is 2.32. The highest BCUT2D eigenvalue weighted by atomic mass is 32.1. The fourth-order valence-corrected chi connectivity index (χ4v) is 2.98. The number of hydrogen-bond donors (Lipinski definition) is 1. The Balaban J connectivity index is 1.93. The molecule has 0 radical (unpaired) electrons. The SMILES string of the molecule is NC1CCCCC1Cc1cccs1. The van der Waals surface area contributed by atoms with Gasteiger partial charge in [0, 0.05) is 10.9 Å². The highest BCUT2D eigenvalue weighted by Crippen LogP contribution is 2.27. The Labute approximate surface area is 84.0 Å². The van der Waals surface area contributed by atoms with Gasteiger partial charge in [-0.15, -0.1) is 11.3 Å². The molecular formula is C11H17NS. The molecule has 1 fully saturated rings. The molecule has 1 nitrogen and oxygen atoms in total. The van der Waals surface area contributed by atoms with Gasteiger partial charge in [0.2, 0.25) is 0 Å². The van der Waals surface area contributed by atoms with Crippen molar-refractivity contribution >= 4 is 11.3 Å². The van der Waals surface area contributed by atoms with Crippen molar-refractivity contribution in [1.82, 2.24) is 0 Å². The van der Waals surface area contributed by atoms with Crippen LogP contribution in [0.1, 0.15) is 30.6 Å². The summed E-state index contributed by atoms with van der Waals surface area (Å²) in [7, 11) is 0. The van der Waals surface area contributed by atoms with Crippen LogP contribution in [0.3, 0.4) is 0 Å². The summed E-state index contributed by atoms with van der Waals surface area (Å²) in [6, 6.07) is 4.82. The lowest BCUT2D eigenvalue weighted by Gasteiger charge is -2.28. The van der Waals surface area contributed by atoms with E-state index in [1.807, 2.05) is 11.3 Å². The molecule has 72 valence electrons. The predicted octanol–water partition coefficient (Wildman–Crippen LogP) is 2.81. The van der Waals surface area contributed by atoms with Crippen molar-refractivity contribution in [2.45, 2.75) is 38.1 Å². The van der Waals surface area contributed by atoms with E-state index in [-0.39, 0.29) is 0 Å². The maximum absolute atomic E-state index is 6.10. The Morgan fingerprint density at radius 3 is 2.92 bits per heavy atom. The van der Waals surface area contributed by atoms with Gasteiger partial charge in [0.25, 0.3) is 0 Å². The van der Waals surface area contributed by atoms with Gasteiger partial charge in [0.15, 0.2) is 0 Å². The monoisotopic (exact) mass is 195 g/mol. The molecule has 1 heterocycles. The molecule has 0 bridgehead atoms. The van der Waals surface area contributed by atoms with Gasteiger partial charge in [-0.3, -0.25) is 0 Å². The highest BCUT2D eigenvalue weighted by Gasteiger charge is 2.21. The lowest BCUT2D eigenvalue weighted by atomic mass is 9.83. The molecule has 2 rings (SSSR count). The van der Waals surface area contributed by atoms with Crippen LogP contribution in [-0.2, 0) is 6.42 Å². The quantitative estimate of drug-likeness (QED) is 0.771. The van der Waals surface area contributed by atoms with Gasteiger partial charge in [0.05, 0.1) is 0 Å². The van der Waals surface area contributed by atoms with Gasteiger partial charge >= 0.3 is 0 Å². The topological polar surface area (TPSA) is 26.0 Å². The van der Waals surface area contributed by atoms with Gasteiger partial charge in [0.1, 0.15) is 0 Å². The minimum Gasteiger partial charge on any atom is -0.327 e. The first-order valence-corrected chi connectivity index (χ1v) is 6.02. The largest absolute Gasteiger partial charge is 0.327 e. The van der Waals surface area contributed by atoms with E-state index < -0.39 is 0 Å². The summed E-state index contributed by atoms with van der Waals surface area (Å²) in [6.07, 6.45) is 6.49. The van der Waals surface area contributed by atoms with E-state index in [0.717, 1.165) is 5.92 Å². The Bertz CT molecular complexity index is 243. The van der Waals surface area contributed by atoms with Gasteiger partial charge in [-0.25, -0.2) is 0 Å². The van der Waals surface area contributed by atoms with Crippen LogP contribution in [0.15, 0.2) is 17.5 Å². The molecule has 1 saturated carbocycles. The number of thiophene rings is 1. The first-order valence-electron chi connectivity index (χ1n) is 5.14. The van der Waals surface area contributed by atoms with Crippen LogP contribution < -0.4 is 5.73 Å². The maximum atomic E-state index is 6.10. The summed E-state index contributed by atoms with van der Waals surface area (Å²) in [6.45, 7) is 0. The van der Waals surface area contributed by atoms with Crippen molar-refractivity contribution in [2.75, 3.05) is 0 Å². The zero-order valence-corrected chi connectivity index (χ0v) is 8.72. The van der Waals surface area contributed by atoms with Crippen LogP contribution in [0.2, 0.25) is 0 Å². The van der Waals surface area contributed by atoms with Crippen LogP contribution in [0.25, 0.3) is 0 Å². The first kappa shape index (κ1) is 9.22. The van der Waals surface area contributed by atoms with Crippen LogP contribution in [-0.4, -0.2) is 6.04 Å². The molecule has 2 atom stereocenters. The van der Waals surface area contributed by atoms with Gasteiger partial charge in [-0.05, 0) is 36.6 Å². The lowest BCUT2D eigenvalue weighted by molar-refractivity contribution is 0.308. The lowest BCUT2D eigenvalue weighted by Crippen LogP contribution is -2.34. The van der Waals surface area contributed by atoms with Crippen molar-refractivity contribution in [3.8, 4) is 0 Å². The maximum Gasteiger partial charge on any atom is 0.00706 e. The molecule has 1 aromatic rings. The molecule has 1 aliphatic carbocycles. The van der Waals surface area contributed by atoms with E-state index in [1.165, 1.54) is 37.0 Å². The van der Waals surface area contributed by atoms with Crippen LogP contribution in [0, 0.1) is 5.92 Å². The zero-order chi connectivity index (χ0) is 9.10. The van der Waals surface area contributed by atoms with Gasteiger partial charge in [-0.2, -0.15) is 0 Å². The predicted molar refractivity (Wildman–Crippen MR) is 58.0 cm³/mol. The Kier molecular flexibility index (Phi) is 3.01. The Morgan fingerprint density at radius 2 is 2.23 bits per heavy atom. The smallest absolute Gasteiger partial charge is 0.00706 e. The zero-order valence-electron chi connectivity index (χ0n) is 7.91. The van der Waals surface area contributed by atoms with Crippen molar-refractivity contribution in [3.63, 3.8) is 0 Å². The molecule has 0 spiro atoms. The van der Waals surface area contributed by atoms with E-state index in [2.05, 4.69) is 17.5 Å². The molecule has 0 amide bonds. The molecule has 0 saturated heterocycles. The summed E-state index contributed by atoms with van der Waals surface area (Å²) in [5.41, 5.74) is 6.10. The average Bonchev–Trinajstić information content (AvgIpc) is 2.61. The first-order chi connectivity index (χ1) is 6.36. The Hall–Kier alpha value is -0.340. The molecule has 0 aliphatic heterocycles. The van der Waals surface area contributed by atoms with Crippen LogP contribution in [0.5, 0.6) is 0 Å². The second-order valence-corrected chi connectivity index (χ2v) is 5.02. The summed E-state index contributed by atoms with van der Waals surface area (Å²) in [4.78, 5) is 1.50. The number of hydrogen-bond acceptors (Lipinski definition) is 2. The normalized spacial score (nSPS) is 29.0. The third-order valence-corrected chi connectivity index (χ3v) is 3.91. The average molecular weight is 195 g/mol. The van der Waals surface area contributed by atoms with E-state index in [1.54, 1.807) is 0 Å². The highest BCUT2D eigenvalue weighted by molar-refractivity contribution is 7.09. The summed E-state index contributed by atoms with van der Waals surface area (Å²) < 4.78 is 0. The fourth-order valence-electron chi connectivity index (χ4n) is 2.18. The molecule has 13 heavy (non-hydrogen) atoms. The van der Waals surface area contributed by atoms with Crippen molar-refractivity contribution in [3.05, 3.63) is 22.4 Å². The third-order valence-electron chi connectivity index (χ3n) is 3.01. The van der Waals surface area contributed by atoms with Crippen molar-refractivity contribution in [1.29, 1.82) is 0 Å². The Morgan fingerprint density at radius 1 is 1.38 bits per heavy atom. The fraction of sp³-hybridized carbons (Fsp3) is 0.636. The molecule has 1 aromatic heterocycles.